The number of carbonyl (C=O) groups excluding carboxylic acids is 2. The van der Waals surface area contributed by atoms with Gasteiger partial charge in [0.25, 0.3) is 0 Å². The van der Waals surface area contributed by atoms with Crippen molar-refractivity contribution in [3.05, 3.63) is 0 Å². The molecule has 0 saturated carbocycles. The van der Waals surface area contributed by atoms with Gasteiger partial charge in [-0.1, -0.05) is 55.4 Å². The summed E-state index contributed by atoms with van der Waals surface area (Å²) in [6, 6.07) is 0. The lowest BCUT2D eigenvalue weighted by Crippen LogP contribution is -2.47. The van der Waals surface area contributed by atoms with Gasteiger partial charge in [0.1, 0.15) is 5.41 Å². The van der Waals surface area contributed by atoms with E-state index in [1.165, 1.54) is 0 Å². The highest BCUT2D eigenvalue weighted by atomic mass is 16.6. The highest BCUT2D eigenvalue weighted by molar-refractivity contribution is 5.85. The summed E-state index contributed by atoms with van der Waals surface area (Å²) in [6.45, 7) is 16.4. The summed E-state index contributed by atoms with van der Waals surface area (Å²) >= 11 is 0. The van der Waals surface area contributed by atoms with Crippen molar-refractivity contribution in [3.63, 3.8) is 0 Å². The summed E-state index contributed by atoms with van der Waals surface area (Å²) < 4.78 is 9.77. The zero-order chi connectivity index (χ0) is 30.1. The zero-order valence-electron chi connectivity index (χ0n) is 24.6. The minimum atomic E-state index is -1.86. The van der Waals surface area contributed by atoms with Gasteiger partial charge in [-0.05, 0) is 62.2 Å². The first-order chi connectivity index (χ1) is 17.5. The topological polar surface area (TPSA) is 168 Å². The van der Waals surface area contributed by atoms with Gasteiger partial charge in [0.15, 0.2) is 12.2 Å². The molecule has 0 bridgehead atoms. The zero-order valence-corrected chi connectivity index (χ0v) is 24.6. The van der Waals surface area contributed by atoms with Crippen molar-refractivity contribution >= 4 is 23.9 Å². The van der Waals surface area contributed by atoms with E-state index in [9.17, 15) is 34.5 Å². The summed E-state index contributed by atoms with van der Waals surface area (Å²) in [4.78, 5) is 45.3. The Morgan fingerprint density at radius 3 is 1.39 bits per heavy atom. The Bertz CT molecular complexity index is 688. The minimum Gasteiger partial charge on any atom is -0.481 e. The van der Waals surface area contributed by atoms with Crippen LogP contribution in [0.5, 0.6) is 0 Å². The second-order valence-corrected chi connectivity index (χ2v) is 11.5. The van der Waals surface area contributed by atoms with Crippen LogP contribution < -0.4 is 0 Å². The second kappa shape index (κ2) is 19.8. The minimum absolute atomic E-state index is 0.181. The van der Waals surface area contributed by atoms with Crippen LogP contribution in [-0.4, -0.2) is 69.7 Å². The molecule has 0 radical (unpaired) electrons. The molecule has 224 valence electrons. The predicted molar refractivity (Wildman–Crippen MR) is 143 cm³/mol. The number of aliphatic carboxylic acids is 2. The van der Waals surface area contributed by atoms with E-state index in [-0.39, 0.29) is 37.7 Å². The third-order valence-corrected chi connectivity index (χ3v) is 6.05. The van der Waals surface area contributed by atoms with Crippen LogP contribution in [-0.2, 0) is 28.7 Å². The third-order valence-electron chi connectivity index (χ3n) is 6.05. The van der Waals surface area contributed by atoms with Crippen LogP contribution >= 0.6 is 0 Å². The first-order valence-electron chi connectivity index (χ1n) is 13.6. The summed E-state index contributed by atoms with van der Waals surface area (Å²) in [5.41, 5.74) is -1.58. The predicted octanol–water partition coefficient (Wildman–Crippen LogP) is 4.29. The fraction of sp³-hybridized carbons (Fsp3) is 0.857. The van der Waals surface area contributed by atoms with Crippen LogP contribution in [0.3, 0.4) is 0 Å². The molecule has 0 rings (SSSR count). The lowest BCUT2D eigenvalue weighted by molar-refractivity contribution is -0.172. The Hall–Kier alpha value is -2.20. The number of carboxylic acids is 2. The molecule has 2 atom stereocenters. The molecule has 0 heterocycles. The van der Waals surface area contributed by atoms with Gasteiger partial charge in [-0.2, -0.15) is 0 Å². The Labute approximate surface area is 228 Å². The maximum absolute atomic E-state index is 11.6. The normalized spacial score (nSPS) is 13.2. The van der Waals surface area contributed by atoms with Crippen molar-refractivity contribution in [2.45, 2.75) is 113 Å². The van der Waals surface area contributed by atoms with E-state index in [1.807, 2.05) is 55.4 Å². The van der Waals surface area contributed by atoms with Gasteiger partial charge in [-0.25, -0.2) is 9.59 Å². The SMILES string of the molecule is CC(C)CCC(CCC(C)C)(C(=O)O)C(O)C(=O)O.CC(C)CCOC(=O)CC(O)C(=O)OCCC(C)C. The van der Waals surface area contributed by atoms with E-state index >= 15 is 0 Å². The monoisotopic (exact) mass is 548 g/mol. The Kier molecular flexibility index (Phi) is 19.8. The molecule has 0 amide bonds. The van der Waals surface area contributed by atoms with E-state index in [1.54, 1.807) is 0 Å². The number of rotatable bonds is 18. The van der Waals surface area contributed by atoms with E-state index in [4.69, 9.17) is 14.6 Å². The van der Waals surface area contributed by atoms with Crippen molar-refractivity contribution in [1.82, 2.24) is 0 Å². The molecule has 0 aromatic carbocycles. The molecule has 0 aliphatic carbocycles. The maximum Gasteiger partial charge on any atom is 0.335 e. The number of aliphatic hydroxyl groups is 2. The fourth-order valence-corrected chi connectivity index (χ4v) is 3.26. The molecular formula is C28H52O10. The van der Waals surface area contributed by atoms with Crippen LogP contribution in [0.2, 0.25) is 0 Å². The summed E-state index contributed by atoms with van der Waals surface area (Å²) in [7, 11) is 0. The van der Waals surface area contributed by atoms with Crippen molar-refractivity contribution < 1.29 is 49.1 Å². The Balaban J connectivity index is 0. The number of hydrogen-bond donors (Lipinski definition) is 4. The molecule has 0 aliphatic heterocycles. The lowest BCUT2D eigenvalue weighted by atomic mass is 9.72. The van der Waals surface area contributed by atoms with E-state index in [2.05, 4.69) is 0 Å². The van der Waals surface area contributed by atoms with Gasteiger partial charge in [-0.3, -0.25) is 9.59 Å². The highest BCUT2D eigenvalue weighted by Crippen LogP contribution is 2.37. The van der Waals surface area contributed by atoms with Crippen LogP contribution in [0.1, 0.15) is 100 Å². The van der Waals surface area contributed by atoms with Gasteiger partial charge in [0, 0.05) is 0 Å². The highest BCUT2D eigenvalue weighted by Gasteiger charge is 2.48. The van der Waals surface area contributed by atoms with Crippen LogP contribution in [0.4, 0.5) is 0 Å². The summed E-state index contributed by atoms with van der Waals surface area (Å²) in [6.07, 6.45) is -0.623. The molecular weight excluding hydrogens is 496 g/mol. The van der Waals surface area contributed by atoms with Crippen LogP contribution in [0, 0.1) is 29.1 Å². The van der Waals surface area contributed by atoms with Gasteiger partial charge < -0.3 is 29.9 Å². The smallest absolute Gasteiger partial charge is 0.335 e. The Morgan fingerprint density at radius 1 is 0.658 bits per heavy atom. The summed E-state index contributed by atoms with van der Waals surface area (Å²) in [5, 5.41) is 37.8. The molecule has 0 aliphatic rings. The fourth-order valence-electron chi connectivity index (χ4n) is 3.26. The molecule has 4 N–H and O–H groups in total. The average Bonchev–Trinajstić information content (AvgIpc) is 2.78. The van der Waals surface area contributed by atoms with Crippen LogP contribution in [0.15, 0.2) is 0 Å². The molecule has 10 heteroatoms. The third kappa shape index (κ3) is 17.3. The van der Waals surface area contributed by atoms with E-state index < -0.39 is 41.5 Å². The van der Waals surface area contributed by atoms with Gasteiger partial charge >= 0.3 is 23.9 Å². The number of esters is 2. The van der Waals surface area contributed by atoms with Crippen molar-refractivity contribution in [2.24, 2.45) is 29.1 Å². The Morgan fingerprint density at radius 2 is 1.05 bits per heavy atom. The molecule has 0 aromatic heterocycles. The number of carbonyl (C=O) groups is 4. The summed E-state index contributed by atoms with van der Waals surface area (Å²) in [5.74, 6) is -2.63. The van der Waals surface area contributed by atoms with E-state index in [0.29, 0.717) is 31.3 Å². The van der Waals surface area contributed by atoms with Gasteiger partial charge in [-0.15, -0.1) is 0 Å². The van der Waals surface area contributed by atoms with Crippen molar-refractivity contribution in [1.29, 1.82) is 0 Å². The molecule has 0 saturated heterocycles. The van der Waals surface area contributed by atoms with Crippen molar-refractivity contribution in [2.75, 3.05) is 13.2 Å². The lowest BCUT2D eigenvalue weighted by Gasteiger charge is -2.33. The van der Waals surface area contributed by atoms with Crippen molar-refractivity contribution in [3.8, 4) is 0 Å². The van der Waals surface area contributed by atoms with Gasteiger partial charge in [0.05, 0.1) is 19.6 Å². The quantitative estimate of drug-likeness (QED) is 0.181. The molecule has 0 aromatic rings. The first kappa shape index (κ1) is 37.9. The number of hydrogen-bond acceptors (Lipinski definition) is 8. The van der Waals surface area contributed by atoms with E-state index in [0.717, 1.165) is 12.8 Å². The number of carboxylic acid groups (broad SMARTS) is 2. The molecule has 2 unspecified atom stereocenters. The molecule has 10 nitrogen and oxygen atoms in total. The number of aliphatic hydroxyl groups excluding tert-OH is 2. The molecule has 38 heavy (non-hydrogen) atoms. The molecule has 0 fully saturated rings. The first-order valence-corrected chi connectivity index (χ1v) is 13.6. The average molecular weight is 549 g/mol. The van der Waals surface area contributed by atoms with Crippen LogP contribution in [0.25, 0.3) is 0 Å². The second-order valence-electron chi connectivity index (χ2n) is 11.5. The maximum atomic E-state index is 11.6. The van der Waals surface area contributed by atoms with Gasteiger partial charge in [0.2, 0.25) is 0 Å². The largest absolute Gasteiger partial charge is 0.481 e. The molecule has 0 spiro atoms. The standard InChI is InChI=1S/2C14H26O5/c1-10(2)5-7-18-13(16)9-12(15)14(17)19-8-6-11(3)4;1-9(2)5-7-14(13(18)19,8-6-10(3)4)11(15)12(16)17/h10-12,15H,5-9H2,1-4H3;9-11,15H,5-8H2,1-4H3,(H,16,17)(H,18,19). The number of ether oxygens (including phenoxy) is 2.